The molecule has 0 radical (unpaired) electrons. The molecule has 23 heavy (non-hydrogen) atoms. The van der Waals surface area contributed by atoms with Crippen LogP contribution < -0.4 is 5.43 Å². The summed E-state index contributed by atoms with van der Waals surface area (Å²) in [6.07, 6.45) is 7.23. The number of amides is 1. The number of aromatic amines is 1. The molecule has 120 valence electrons. The minimum atomic E-state index is -0.0840. The summed E-state index contributed by atoms with van der Waals surface area (Å²) in [4.78, 5) is 30.4. The summed E-state index contributed by atoms with van der Waals surface area (Å²) in [6, 6.07) is 9.19. The van der Waals surface area contributed by atoms with Gasteiger partial charge in [0.1, 0.15) is 5.69 Å². The number of carbonyl (C=O) groups is 1. The highest BCUT2D eigenvalue weighted by atomic mass is 16.2. The van der Waals surface area contributed by atoms with Crippen LogP contribution in [0.5, 0.6) is 0 Å². The number of nitrogens with one attached hydrogen (secondary N) is 1. The third-order valence-corrected chi connectivity index (χ3v) is 5.47. The van der Waals surface area contributed by atoms with E-state index in [9.17, 15) is 9.59 Å². The fourth-order valence-electron chi connectivity index (χ4n) is 4.34. The molecule has 2 heterocycles. The Morgan fingerprint density at radius 3 is 2.70 bits per heavy atom. The first-order valence-electron chi connectivity index (χ1n) is 8.67. The second kappa shape index (κ2) is 5.84. The van der Waals surface area contributed by atoms with Crippen molar-refractivity contribution in [3.63, 3.8) is 0 Å². The molecule has 0 unspecified atom stereocenters. The predicted molar refractivity (Wildman–Crippen MR) is 90.6 cm³/mol. The summed E-state index contributed by atoms with van der Waals surface area (Å²) in [5.41, 5.74) is 1.08. The molecule has 1 aliphatic carbocycles. The van der Waals surface area contributed by atoms with Gasteiger partial charge in [-0.15, -0.1) is 0 Å². The highest BCUT2D eigenvalue weighted by molar-refractivity contribution is 5.95. The van der Waals surface area contributed by atoms with E-state index in [0.29, 0.717) is 23.0 Å². The van der Waals surface area contributed by atoms with Gasteiger partial charge in [0.2, 0.25) is 0 Å². The van der Waals surface area contributed by atoms with Crippen LogP contribution in [-0.4, -0.2) is 28.4 Å². The molecule has 4 rings (SSSR count). The zero-order valence-corrected chi connectivity index (χ0v) is 13.3. The van der Waals surface area contributed by atoms with Crippen LogP contribution in [-0.2, 0) is 0 Å². The molecule has 1 aromatic heterocycles. The average Bonchev–Trinajstić information content (AvgIpc) is 3.25. The number of fused-ring (bicyclic) bond motifs is 1. The molecule has 4 nitrogen and oxygen atoms in total. The summed E-state index contributed by atoms with van der Waals surface area (Å²) in [7, 11) is 0. The van der Waals surface area contributed by atoms with Crippen LogP contribution in [0.15, 0.2) is 35.1 Å². The molecule has 1 N–H and O–H groups in total. The van der Waals surface area contributed by atoms with E-state index in [2.05, 4.69) is 4.98 Å². The van der Waals surface area contributed by atoms with Crippen molar-refractivity contribution < 1.29 is 4.79 Å². The number of nitrogens with zero attached hydrogens (tertiary/aromatic N) is 1. The lowest BCUT2D eigenvalue weighted by Crippen LogP contribution is -2.40. The Morgan fingerprint density at radius 2 is 1.87 bits per heavy atom. The van der Waals surface area contributed by atoms with Gasteiger partial charge in [-0.2, -0.15) is 0 Å². The van der Waals surface area contributed by atoms with Crippen LogP contribution in [0.1, 0.15) is 49.0 Å². The van der Waals surface area contributed by atoms with E-state index < -0.39 is 0 Å². The van der Waals surface area contributed by atoms with Crippen molar-refractivity contribution >= 4 is 16.8 Å². The number of aromatic nitrogens is 1. The summed E-state index contributed by atoms with van der Waals surface area (Å²) in [5.74, 6) is 0.635. The second-order valence-electron chi connectivity index (χ2n) is 6.85. The van der Waals surface area contributed by atoms with Gasteiger partial charge in [0, 0.05) is 29.6 Å². The molecule has 1 saturated carbocycles. The van der Waals surface area contributed by atoms with E-state index in [4.69, 9.17) is 0 Å². The van der Waals surface area contributed by atoms with Crippen molar-refractivity contribution in [2.24, 2.45) is 5.92 Å². The standard InChI is InChI=1S/C19H22N2O2/c22-18-12-16(20-15-9-4-3-8-14(15)18)19(23)21-11-5-10-17(21)13-6-1-2-7-13/h3-4,8-9,12-13,17H,1-2,5-7,10-11H2,(H,20,22)/t17-/m1/s1. The topological polar surface area (TPSA) is 53.2 Å². The van der Waals surface area contributed by atoms with Crippen molar-refractivity contribution in [3.8, 4) is 0 Å². The number of carbonyl (C=O) groups excluding carboxylic acids is 1. The predicted octanol–water partition coefficient (Wildman–Crippen LogP) is 3.32. The summed E-state index contributed by atoms with van der Waals surface area (Å²) >= 11 is 0. The highest BCUT2D eigenvalue weighted by Crippen LogP contribution is 2.35. The van der Waals surface area contributed by atoms with E-state index in [0.717, 1.165) is 24.9 Å². The minimum Gasteiger partial charge on any atom is -0.350 e. The van der Waals surface area contributed by atoms with Gasteiger partial charge in [0.05, 0.1) is 0 Å². The molecule has 1 atom stereocenters. The van der Waals surface area contributed by atoms with E-state index in [1.165, 1.54) is 31.7 Å². The van der Waals surface area contributed by atoms with E-state index in [1.807, 2.05) is 23.1 Å². The third kappa shape index (κ3) is 2.56. The quantitative estimate of drug-likeness (QED) is 0.925. The second-order valence-corrected chi connectivity index (χ2v) is 6.85. The molecule has 2 fully saturated rings. The number of para-hydroxylation sites is 1. The van der Waals surface area contributed by atoms with Crippen LogP contribution in [0, 0.1) is 5.92 Å². The number of likely N-dealkylation sites (tertiary alicyclic amines) is 1. The first kappa shape index (κ1) is 14.5. The van der Waals surface area contributed by atoms with Crippen LogP contribution in [0.25, 0.3) is 10.9 Å². The van der Waals surface area contributed by atoms with Gasteiger partial charge in [-0.3, -0.25) is 9.59 Å². The van der Waals surface area contributed by atoms with Gasteiger partial charge in [-0.05, 0) is 43.7 Å². The molecule has 1 amide bonds. The maximum Gasteiger partial charge on any atom is 0.270 e. The molecule has 1 saturated heterocycles. The van der Waals surface area contributed by atoms with Gasteiger partial charge in [-0.1, -0.05) is 25.0 Å². The van der Waals surface area contributed by atoms with Crippen molar-refractivity contribution in [1.29, 1.82) is 0 Å². The maximum atomic E-state index is 13.0. The van der Waals surface area contributed by atoms with Crippen LogP contribution in [0.2, 0.25) is 0 Å². The fourth-order valence-corrected chi connectivity index (χ4v) is 4.34. The van der Waals surface area contributed by atoms with Gasteiger partial charge in [0.15, 0.2) is 5.43 Å². The molecule has 0 spiro atoms. The van der Waals surface area contributed by atoms with Crippen molar-refractivity contribution in [2.75, 3.05) is 6.54 Å². The Labute approximate surface area is 135 Å². The molecule has 1 aliphatic heterocycles. The SMILES string of the molecule is O=C(c1cc(=O)c2ccccc2[nH]1)N1CCC[C@@H]1C1CCCC1. The Hall–Kier alpha value is -2.10. The molecule has 2 aliphatic rings. The third-order valence-electron chi connectivity index (χ3n) is 5.47. The minimum absolute atomic E-state index is 0.0118. The lowest BCUT2D eigenvalue weighted by Gasteiger charge is -2.29. The molecule has 2 aromatic rings. The molecular weight excluding hydrogens is 288 g/mol. The number of rotatable bonds is 2. The van der Waals surface area contributed by atoms with Crippen LogP contribution >= 0.6 is 0 Å². The lowest BCUT2D eigenvalue weighted by atomic mass is 9.96. The molecule has 1 aromatic carbocycles. The Kier molecular flexibility index (Phi) is 3.68. The largest absolute Gasteiger partial charge is 0.350 e. The average molecular weight is 310 g/mol. The highest BCUT2D eigenvalue weighted by Gasteiger charge is 2.36. The number of pyridine rings is 1. The van der Waals surface area contributed by atoms with Gasteiger partial charge < -0.3 is 9.88 Å². The van der Waals surface area contributed by atoms with Crippen molar-refractivity contribution in [3.05, 3.63) is 46.2 Å². The van der Waals surface area contributed by atoms with Crippen LogP contribution in [0.4, 0.5) is 0 Å². The van der Waals surface area contributed by atoms with Crippen LogP contribution in [0.3, 0.4) is 0 Å². The van der Waals surface area contributed by atoms with E-state index in [1.54, 1.807) is 6.07 Å². The van der Waals surface area contributed by atoms with Crippen molar-refractivity contribution in [2.45, 2.75) is 44.6 Å². The zero-order chi connectivity index (χ0) is 15.8. The smallest absolute Gasteiger partial charge is 0.270 e. The fraction of sp³-hybridized carbons (Fsp3) is 0.474. The summed E-state index contributed by atoms with van der Waals surface area (Å²) in [5, 5.41) is 0.637. The van der Waals surface area contributed by atoms with Gasteiger partial charge in [-0.25, -0.2) is 0 Å². The van der Waals surface area contributed by atoms with Gasteiger partial charge >= 0.3 is 0 Å². The lowest BCUT2D eigenvalue weighted by molar-refractivity contribution is 0.0683. The van der Waals surface area contributed by atoms with E-state index >= 15 is 0 Å². The molecule has 4 heteroatoms. The molecule has 0 bridgehead atoms. The first-order valence-corrected chi connectivity index (χ1v) is 8.67. The first-order chi connectivity index (χ1) is 11.2. The summed E-state index contributed by atoms with van der Waals surface area (Å²) < 4.78 is 0. The normalized spacial score (nSPS) is 22.1. The van der Waals surface area contributed by atoms with E-state index in [-0.39, 0.29) is 11.3 Å². The Morgan fingerprint density at radius 1 is 1.09 bits per heavy atom. The zero-order valence-electron chi connectivity index (χ0n) is 13.3. The number of benzene rings is 1. The van der Waals surface area contributed by atoms with Gasteiger partial charge in [0.25, 0.3) is 5.91 Å². The summed E-state index contributed by atoms with van der Waals surface area (Å²) in [6.45, 7) is 0.814. The monoisotopic (exact) mass is 310 g/mol. The van der Waals surface area contributed by atoms with Crippen molar-refractivity contribution in [1.82, 2.24) is 9.88 Å². The maximum absolute atomic E-state index is 13.0. The molecular formula is C19H22N2O2. The Balaban J connectivity index is 1.67. The number of hydrogen-bond donors (Lipinski definition) is 1. The number of hydrogen-bond acceptors (Lipinski definition) is 2. The Bertz CT molecular complexity index is 789. The number of H-pyrrole nitrogens is 1.